The van der Waals surface area contributed by atoms with Crippen molar-refractivity contribution in [2.24, 2.45) is 0 Å². The minimum atomic E-state index is -0.651. The zero-order valence-electron chi connectivity index (χ0n) is 7.06. The topological polar surface area (TPSA) is 29.5 Å². The second kappa shape index (κ2) is 3.78. The van der Waals surface area contributed by atoms with E-state index in [1.807, 2.05) is 0 Å². The Hall–Kier alpha value is -0.150. The number of halogens is 3. The third-order valence-corrected chi connectivity index (χ3v) is 3.21. The van der Waals surface area contributed by atoms with Crippen molar-refractivity contribution in [3.63, 3.8) is 0 Å². The summed E-state index contributed by atoms with van der Waals surface area (Å²) in [5, 5.41) is 10.7. The molecule has 0 saturated carbocycles. The molecule has 0 aliphatic carbocycles. The minimum Gasteiger partial charge on any atom is -0.491 e. The molecule has 1 aliphatic heterocycles. The first-order valence-electron chi connectivity index (χ1n) is 4.09. The van der Waals surface area contributed by atoms with Crippen molar-refractivity contribution in [3.05, 3.63) is 26.7 Å². The molecule has 0 bridgehead atoms. The standard InChI is InChI=1S/C9H7Cl3O2/c10-4-3-5(11)9-7(8(4)12)6(13)1-2-14-9/h3,6,13H,1-2H2/t6-/m0/s1. The number of ether oxygens (including phenoxy) is 1. The van der Waals surface area contributed by atoms with Crippen LogP contribution in [0.2, 0.25) is 15.1 Å². The SMILES string of the molecule is O[C@H]1CCOc2c(Cl)cc(Cl)c(Cl)c21. The molecule has 1 aromatic rings. The van der Waals surface area contributed by atoms with Gasteiger partial charge in [-0.05, 0) is 6.07 Å². The number of benzene rings is 1. The lowest BCUT2D eigenvalue weighted by Crippen LogP contribution is -2.14. The molecular weight excluding hydrogens is 246 g/mol. The van der Waals surface area contributed by atoms with Crippen molar-refractivity contribution in [1.82, 2.24) is 0 Å². The van der Waals surface area contributed by atoms with Crippen LogP contribution in [-0.2, 0) is 0 Å². The summed E-state index contributed by atoms with van der Waals surface area (Å²) >= 11 is 17.7. The van der Waals surface area contributed by atoms with Crippen LogP contribution in [0.4, 0.5) is 0 Å². The fourth-order valence-corrected chi connectivity index (χ4v) is 2.26. The van der Waals surface area contributed by atoms with E-state index in [0.29, 0.717) is 39.4 Å². The maximum absolute atomic E-state index is 9.71. The Morgan fingerprint density at radius 3 is 2.71 bits per heavy atom. The van der Waals surface area contributed by atoms with Crippen LogP contribution in [0.1, 0.15) is 18.1 Å². The molecule has 1 heterocycles. The lowest BCUT2D eigenvalue weighted by Gasteiger charge is -2.24. The summed E-state index contributed by atoms with van der Waals surface area (Å²) in [4.78, 5) is 0. The van der Waals surface area contributed by atoms with Gasteiger partial charge in [0, 0.05) is 12.0 Å². The van der Waals surface area contributed by atoms with E-state index in [9.17, 15) is 5.11 Å². The zero-order chi connectivity index (χ0) is 10.3. The Morgan fingerprint density at radius 2 is 2.00 bits per heavy atom. The van der Waals surface area contributed by atoms with Gasteiger partial charge in [0.1, 0.15) is 5.75 Å². The molecule has 0 amide bonds. The molecule has 1 aliphatic rings. The Bertz CT molecular complexity index is 379. The first-order chi connectivity index (χ1) is 6.61. The Kier molecular flexibility index (Phi) is 2.80. The predicted octanol–water partition coefficient (Wildman–Crippen LogP) is 3.46. The van der Waals surface area contributed by atoms with Gasteiger partial charge in [-0.25, -0.2) is 0 Å². The van der Waals surface area contributed by atoms with E-state index in [1.165, 1.54) is 6.07 Å². The van der Waals surface area contributed by atoms with Crippen LogP contribution in [-0.4, -0.2) is 11.7 Å². The molecule has 2 rings (SSSR count). The van der Waals surface area contributed by atoms with Crippen LogP contribution in [0.25, 0.3) is 0 Å². The number of fused-ring (bicyclic) bond motifs is 1. The molecule has 0 fully saturated rings. The quantitative estimate of drug-likeness (QED) is 0.718. The van der Waals surface area contributed by atoms with E-state index in [0.717, 1.165) is 0 Å². The maximum Gasteiger partial charge on any atom is 0.145 e. The summed E-state index contributed by atoms with van der Waals surface area (Å²) in [6, 6.07) is 1.52. The minimum absolute atomic E-state index is 0.318. The van der Waals surface area contributed by atoms with Crippen LogP contribution in [0.15, 0.2) is 6.07 Å². The summed E-state index contributed by atoms with van der Waals surface area (Å²) in [6.45, 7) is 0.436. The molecule has 0 spiro atoms. The monoisotopic (exact) mass is 252 g/mol. The summed E-state index contributed by atoms with van der Waals surface area (Å²) in [5.41, 5.74) is 0.496. The van der Waals surface area contributed by atoms with Crippen LogP contribution in [0.3, 0.4) is 0 Å². The maximum atomic E-state index is 9.71. The van der Waals surface area contributed by atoms with Gasteiger partial charge in [-0.15, -0.1) is 0 Å². The van der Waals surface area contributed by atoms with Crippen LogP contribution in [0.5, 0.6) is 5.75 Å². The van der Waals surface area contributed by atoms with E-state index in [4.69, 9.17) is 39.5 Å². The first-order valence-corrected chi connectivity index (χ1v) is 5.23. The highest BCUT2D eigenvalue weighted by Crippen LogP contribution is 2.45. The molecule has 76 valence electrons. The molecule has 2 nitrogen and oxygen atoms in total. The molecule has 1 aromatic carbocycles. The Balaban J connectivity index is 2.67. The first kappa shape index (κ1) is 10.4. The fourth-order valence-electron chi connectivity index (χ4n) is 1.46. The number of hydrogen-bond donors (Lipinski definition) is 1. The highest BCUT2D eigenvalue weighted by molar-refractivity contribution is 6.44. The van der Waals surface area contributed by atoms with Crippen molar-refractivity contribution >= 4 is 34.8 Å². The second-order valence-corrected chi connectivity index (χ2v) is 4.24. The summed E-state index contributed by atoms with van der Waals surface area (Å²) in [5.74, 6) is 0.444. The van der Waals surface area contributed by atoms with Gasteiger partial charge < -0.3 is 9.84 Å². The van der Waals surface area contributed by atoms with Gasteiger partial charge in [0.25, 0.3) is 0 Å². The summed E-state index contributed by atoms with van der Waals surface area (Å²) in [6.07, 6.45) is -0.147. The third kappa shape index (κ3) is 1.57. The highest BCUT2D eigenvalue weighted by Gasteiger charge is 2.26. The van der Waals surface area contributed by atoms with Gasteiger partial charge in [0.05, 0.1) is 27.8 Å². The number of aliphatic hydroxyl groups is 1. The molecule has 1 atom stereocenters. The number of hydrogen-bond acceptors (Lipinski definition) is 2. The molecule has 0 radical (unpaired) electrons. The summed E-state index contributed by atoms with van der Waals surface area (Å²) in [7, 11) is 0. The molecule has 1 N–H and O–H groups in total. The fraction of sp³-hybridized carbons (Fsp3) is 0.333. The predicted molar refractivity (Wildman–Crippen MR) is 56.5 cm³/mol. The van der Waals surface area contributed by atoms with E-state index in [-0.39, 0.29) is 0 Å². The largest absolute Gasteiger partial charge is 0.491 e. The third-order valence-electron chi connectivity index (χ3n) is 2.13. The second-order valence-electron chi connectivity index (χ2n) is 3.05. The molecule has 0 aromatic heterocycles. The van der Waals surface area contributed by atoms with Crippen molar-refractivity contribution < 1.29 is 9.84 Å². The molecule has 0 saturated heterocycles. The Morgan fingerprint density at radius 1 is 1.29 bits per heavy atom. The Labute approximate surface area is 96.3 Å². The van der Waals surface area contributed by atoms with E-state index >= 15 is 0 Å². The average molecular weight is 254 g/mol. The van der Waals surface area contributed by atoms with Gasteiger partial charge in [-0.1, -0.05) is 34.8 Å². The molecule has 0 unspecified atom stereocenters. The molecular formula is C9H7Cl3O2. The van der Waals surface area contributed by atoms with Gasteiger partial charge in [-0.2, -0.15) is 0 Å². The van der Waals surface area contributed by atoms with Gasteiger partial charge in [0.15, 0.2) is 0 Å². The van der Waals surface area contributed by atoms with Gasteiger partial charge >= 0.3 is 0 Å². The average Bonchev–Trinajstić information content (AvgIpc) is 2.14. The van der Waals surface area contributed by atoms with Crippen LogP contribution < -0.4 is 4.74 Å². The number of aliphatic hydroxyl groups excluding tert-OH is 1. The van der Waals surface area contributed by atoms with E-state index in [2.05, 4.69) is 0 Å². The molecule has 5 heteroatoms. The highest BCUT2D eigenvalue weighted by atomic mass is 35.5. The lowest BCUT2D eigenvalue weighted by atomic mass is 10.0. The van der Waals surface area contributed by atoms with Gasteiger partial charge in [0.2, 0.25) is 0 Å². The smallest absolute Gasteiger partial charge is 0.145 e. The van der Waals surface area contributed by atoms with Crippen molar-refractivity contribution in [1.29, 1.82) is 0 Å². The number of rotatable bonds is 0. The van der Waals surface area contributed by atoms with Crippen molar-refractivity contribution in [2.75, 3.05) is 6.61 Å². The zero-order valence-corrected chi connectivity index (χ0v) is 9.33. The lowest BCUT2D eigenvalue weighted by molar-refractivity contribution is 0.115. The van der Waals surface area contributed by atoms with E-state index in [1.54, 1.807) is 0 Å². The van der Waals surface area contributed by atoms with Crippen LogP contribution in [0, 0.1) is 0 Å². The van der Waals surface area contributed by atoms with Crippen molar-refractivity contribution in [3.8, 4) is 5.75 Å². The van der Waals surface area contributed by atoms with Crippen LogP contribution >= 0.6 is 34.8 Å². The van der Waals surface area contributed by atoms with Crippen molar-refractivity contribution in [2.45, 2.75) is 12.5 Å². The van der Waals surface area contributed by atoms with Gasteiger partial charge in [-0.3, -0.25) is 0 Å². The van der Waals surface area contributed by atoms with E-state index < -0.39 is 6.10 Å². The summed E-state index contributed by atoms with van der Waals surface area (Å²) < 4.78 is 5.33. The molecule has 14 heavy (non-hydrogen) atoms. The normalized spacial score (nSPS) is 20.1.